The van der Waals surface area contributed by atoms with E-state index >= 15 is 0 Å². The van der Waals surface area contributed by atoms with E-state index in [0.717, 1.165) is 5.56 Å². The van der Waals surface area contributed by atoms with Gasteiger partial charge < -0.3 is 9.47 Å². The molecule has 0 saturated heterocycles. The highest BCUT2D eigenvalue weighted by Crippen LogP contribution is 2.26. The maximum Gasteiger partial charge on any atom is 0.205 e. The van der Waals surface area contributed by atoms with Crippen LogP contribution in [-0.4, -0.2) is 29.8 Å². The first-order valence-electron chi connectivity index (χ1n) is 6.76. The number of hydrogen-bond donors (Lipinski definition) is 0. The van der Waals surface area contributed by atoms with Crippen molar-refractivity contribution in [1.82, 2.24) is 9.78 Å². The van der Waals surface area contributed by atoms with E-state index in [0.29, 0.717) is 28.2 Å². The van der Waals surface area contributed by atoms with Gasteiger partial charge in [0.25, 0.3) is 0 Å². The van der Waals surface area contributed by atoms with Crippen LogP contribution in [0.3, 0.4) is 0 Å². The molecule has 0 fully saturated rings. The van der Waals surface area contributed by atoms with Crippen LogP contribution in [0.5, 0.6) is 11.5 Å². The summed E-state index contributed by atoms with van der Waals surface area (Å²) in [6.07, 6.45) is 4.86. The van der Waals surface area contributed by atoms with Crippen molar-refractivity contribution in [3.8, 4) is 11.5 Å². The monoisotopic (exact) mass is 364 g/mol. The summed E-state index contributed by atoms with van der Waals surface area (Å²) in [6.45, 7) is 2.57. The average Bonchev–Trinajstić information content (AvgIpc) is 2.93. The molecular weight excluding hydrogens is 348 g/mol. The van der Waals surface area contributed by atoms with Crippen LogP contribution in [0.15, 0.2) is 34.9 Å². The quantitative estimate of drug-likeness (QED) is 0.580. The Hall–Kier alpha value is -2.08. The summed E-state index contributed by atoms with van der Waals surface area (Å²) in [5.74, 6) is 1.22. The van der Waals surface area contributed by atoms with Gasteiger partial charge >= 0.3 is 0 Å². The number of nitrogens with zero attached hydrogens (tertiary/aromatic N) is 2. The maximum absolute atomic E-state index is 12.4. The Balaban J connectivity index is 2.28. The van der Waals surface area contributed by atoms with Gasteiger partial charge in [-0.05, 0) is 47.1 Å². The smallest absolute Gasteiger partial charge is 0.205 e. The Morgan fingerprint density at radius 2 is 2.14 bits per heavy atom. The lowest BCUT2D eigenvalue weighted by molar-refractivity contribution is 0.103. The first-order valence-corrected chi connectivity index (χ1v) is 7.55. The van der Waals surface area contributed by atoms with Crippen LogP contribution in [-0.2, 0) is 6.54 Å². The van der Waals surface area contributed by atoms with Gasteiger partial charge in [-0.3, -0.25) is 9.48 Å². The number of benzene rings is 1. The molecule has 5 nitrogen and oxygen atoms in total. The number of halogens is 1. The predicted octanol–water partition coefficient (Wildman–Crippen LogP) is 3.58. The normalized spacial score (nSPS) is 10.9. The lowest BCUT2D eigenvalue weighted by Crippen LogP contribution is -2.07. The first-order chi connectivity index (χ1) is 10.6. The summed E-state index contributed by atoms with van der Waals surface area (Å²) in [6, 6.07) is 5.43. The zero-order chi connectivity index (χ0) is 16.1. The fourth-order valence-corrected chi connectivity index (χ4v) is 2.54. The molecule has 0 amide bonds. The van der Waals surface area contributed by atoms with Crippen molar-refractivity contribution >= 4 is 27.8 Å². The van der Waals surface area contributed by atoms with E-state index in [1.807, 2.05) is 19.1 Å². The molecule has 0 atom stereocenters. The van der Waals surface area contributed by atoms with Crippen LogP contribution in [0.4, 0.5) is 0 Å². The third-order valence-electron chi connectivity index (χ3n) is 3.18. The Labute approximate surface area is 137 Å². The molecule has 0 radical (unpaired) electrons. The summed E-state index contributed by atoms with van der Waals surface area (Å²) in [7, 11) is 3.17. The second-order valence-electron chi connectivity index (χ2n) is 4.46. The number of rotatable bonds is 6. The molecule has 0 unspecified atom stereocenters. The lowest BCUT2D eigenvalue weighted by Gasteiger charge is -2.07. The third-order valence-corrected chi connectivity index (χ3v) is 3.76. The molecule has 0 aliphatic carbocycles. The molecule has 0 aliphatic heterocycles. The Morgan fingerprint density at radius 3 is 2.77 bits per heavy atom. The van der Waals surface area contributed by atoms with E-state index in [-0.39, 0.29) is 5.78 Å². The van der Waals surface area contributed by atoms with Crippen molar-refractivity contribution in [2.75, 3.05) is 14.2 Å². The number of aryl methyl sites for hydroxylation is 1. The molecule has 22 heavy (non-hydrogen) atoms. The van der Waals surface area contributed by atoms with Gasteiger partial charge in [-0.15, -0.1) is 0 Å². The number of allylic oxidation sites excluding steroid dienone is 1. The Morgan fingerprint density at radius 1 is 1.36 bits per heavy atom. The molecule has 6 heteroatoms. The van der Waals surface area contributed by atoms with E-state index in [9.17, 15) is 4.79 Å². The number of aromatic nitrogens is 2. The highest BCUT2D eigenvalue weighted by Gasteiger charge is 2.14. The van der Waals surface area contributed by atoms with Gasteiger partial charge in [-0.1, -0.05) is 0 Å². The van der Waals surface area contributed by atoms with Gasteiger partial charge in [0.1, 0.15) is 17.2 Å². The van der Waals surface area contributed by atoms with Gasteiger partial charge in [-0.2, -0.15) is 5.10 Å². The largest absolute Gasteiger partial charge is 0.497 e. The summed E-state index contributed by atoms with van der Waals surface area (Å²) in [5, 5.41) is 4.14. The molecule has 0 N–H and O–H groups in total. The third kappa shape index (κ3) is 3.39. The number of methoxy groups -OCH3 is 2. The molecule has 0 aliphatic rings. The van der Waals surface area contributed by atoms with Crippen molar-refractivity contribution in [3.05, 3.63) is 46.2 Å². The van der Waals surface area contributed by atoms with Crippen molar-refractivity contribution in [3.63, 3.8) is 0 Å². The van der Waals surface area contributed by atoms with Gasteiger partial charge in [-0.25, -0.2) is 0 Å². The molecule has 116 valence electrons. The Bertz CT molecular complexity index is 707. The van der Waals surface area contributed by atoms with Crippen molar-refractivity contribution < 1.29 is 14.3 Å². The molecule has 0 bridgehead atoms. The van der Waals surface area contributed by atoms with E-state index < -0.39 is 0 Å². The minimum Gasteiger partial charge on any atom is -0.497 e. The SMILES string of the molecule is CCn1ncc(Br)c1C(=O)C=Cc1ccc(OC)cc1OC. The first kappa shape index (κ1) is 16.3. The Kier molecular flexibility index (Phi) is 5.38. The van der Waals surface area contributed by atoms with Gasteiger partial charge in [0.2, 0.25) is 5.78 Å². The minimum absolute atomic E-state index is 0.121. The number of carbonyl (C=O) groups excluding carboxylic acids is 1. The highest BCUT2D eigenvalue weighted by atomic mass is 79.9. The zero-order valence-electron chi connectivity index (χ0n) is 12.7. The van der Waals surface area contributed by atoms with Crippen LogP contribution in [0.25, 0.3) is 6.08 Å². The molecule has 2 rings (SSSR count). The summed E-state index contributed by atoms with van der Waals surface area (Å²) < 4.78 is 12.8. The second-order valence-corrected chi connectivity index (χ2v) is 5.32. The van der Waals surface area contributed by atoms with Crippen LogP contribution < -0.4 is 9.47 Å². The number of carbonyl (C=O) groups is 1. The molecule has 1 heterocycles. The number of ketones is 1. The van der Waals surface area contributed by atoms with Crippen molar-refractivity contribution in [1.29, 1.82) is 0 Å². The van der Waals surface area contributed by atoms with Crippen LogP contribution >= 0.6 is 15.9 Å². The molecule has 0 spiro atoms. The van der Waals surface area contributed by atoms with Gasteiger partial charge in [0, 0.05) is 18.2 Å². The van der Waals surface area contributed by atoms with E-state index in [4.69, 9.17) is 9.47 Å². The second kappa shape index (κ2) is 7.26. The molecular formula is C16H17BrN2O3. The summed E-state index contributed by atoms with van der Waals surface area (Å²) in [5.41, 5.74) is 1.33. The molecule has 1 aromatic carbocycles. The van der Waals surface area contributed by atoms with Crippen LogP contribution in [0.1, 0.15) is 23.0 Å². The van der Waals surface area contributed by atoms with E-state index in [2.05, 4.69) is 21.0 Å². The lowest BCUT2D eigenvalue weighted by atomic mass is 10.1. The average molecular weight is 365 g/mol. The topological polar surface area (TPSA) is 53.4 Å². The van der Waals surface area contributed by atoms with Gasteiger partial charge in [0.15, 0.2) is 0 Å². The van der Waals surface area contributed by atoms with Crippen LogP contribution in [0.2, 0.25) is 0 Å². The van der Waals surface area contributed by atoms with E-state index in [1.165, 1.54) is 6.08 Å². The summed E-state index contributed by atoms with van der Waals surface area (Å²) in [4.78, 5) is 12.4. The molecule has 1 aromatic heterocycles. The predicted molar refractivity (Wildman–Crippen MR) is 88.5 cm³/mol. The molecule has 0 saturated carbocycles. The summed E-state index contributed by atoms with van der Waals surface area (Å²) >= 11 is 3.35. The minimum atomic E-state index is -0.121. The number of hydrogen-bond acceptors (Lipinski definition) is 4. The van der Waals surface area contributed by atoms with Crippen molar-refractivity contribution in [2.45, 2.75) is 13.5 Å². The van der Waals surface area contributed by atoms with Gasteiger partial charge in [0.05, 0.1) is 24.9 Å². The standard InChI is InChI=1S/C16H17BrN2O3/c1-4-19-16(13(17)10-18-19)14(20)8-6-11-5-7-12(21-2)9-15(11)22-3/h5-10H,4H2,1-3H3. The fraction of sp³-hybridized carbons (Fsp3) is 0.250. The van der Waals surface area contributed by atoms with Crippen LogP contribution in [0, 0.1) is 0 Å². The number of ether oxygens (including phenoxy) is 2. The van der Waals surface area contributed by atoms with E-state index in [1.54, 1.807) is 37.2 Å². The zero-order valence-corrected chi connectivity index (χ0v) is 14.3. The fourth-order valence-electron chi connectivity index (χ4n) is 2.05. The maximum atomic E-state index is 12.4. The highest BCUT2D eigenvalue weighted by molar-refractivity contribution is 9.10. The van der Waals surface area contributed by atoms with Crippen molar-refractivity contribution in [2.24, 2.45) is 0 Å². The molecule has 2 aromatic rings.